The third kappa shape index (κ3) is 3.86. The van der Waals surface area contributed by atoms with Crippen LogP contribution in [0.2, 0.25) is 0 Å². The number of hydrogen-bond acceptors (Lipinski definition) is 2. The Bertz CT molecular complexity index is 2030. The molecule has 1 aliphatic rings. The van der Waals surface area contributed by atoms with Crippen molar-refractivity contribution in [3.63, 3.8) is 0 Å². The molecule has 0 spiro atoms. The Labute approximate surface area is 255 Å². The minimum atomic E-state index is 1.26. The zero-order valence-electron chi connectivity index (χ0n) is 23.5. The molecule has 0 unspecified atom stereocenters. The number of fused-ring (bicyclic) bond motifs is 4. The maximum atomic E-state index is 2.38. The molecule has 0 radical (unpaired) electrons. The van der Waals surface area contributed by atoms with Gasteiger partial charge in [0.05, 0.1) is 0 Å². The summed E-state index contributed by atoms with van der Waals surface area (Å²) in [6.45, 7) is 0. The molecule has 2 heteroatoms. The van der Waals surface area contributed by atoms with Gasteiger partial charge < -0.3 is 0 Å². The minimum Gasteiger partial charge on any atom is -0.130 e. The third-order valence-corrected chi connectivity index (χ3v) is 10.00. The maximum Gasteiger partial charge on any atom is 0.00864 e. The van der Waals surface area contributed by atoms with Crippen LogP contribution in [0.5, 0.6) is 0 Å². The van der Waals surface area contributed by atoms with Crippen molar-refractivity contribution in [1.29, 1.82) is 0 Å². The summed E-state index contributed by atoms with van der Waals surface area (Å²) >= 11 is 3.62. The summed E-state index contributed by atoms with van der Waals surface area (Å²) in [7, 11) is 0. The van der Waals surface area contributed by atoms with Gasteiger partial charge in [-0.05, 0) is 108 Å². The van der Waals surface area contributed by atoms with Gasteiger partial charge in [0.15, 0.2) is 0 Å². The standard InChI is InChI=1S/C40H28S2/c1-41-28-22-27(23-29(24-28)42-2)30-20-21-35-38-31(30)18-11-19-34(38)39-36(25-12-5-3-6-13-25)32-16-9-10-17-33(32)37(40(35)39)26-14-7-4-8-15-26/h3-24H,1-2H3. The molecule has 0 fully saturated rings. The molecule has 0 aliphatic heterocycles. The lowest BCUT2D eigenvalue weighted by Crippen LogP contribution is -1.93. The van der Waals surface area contributed by atoms with Crippen molar-refractivity contribution in [3.05, 3.63) is 133 Å². The first-order valence-electron chi connectivity index (χ1n) is 14.3. The second-order valence-corrected chi connectivity index (χ2v) is 12.5. The first-order chi connectivity index (χ1) is 20.8. The molecule has 0 amide bonds. The average molecular weight is 573 g/mol. The highest BCUT2D eigenvalue weighted by molar-refractivity contribution is 7.99. The Morgan fingerprint density at radius 3 is 1.38 bits per heavy atom. The largest absolute Gasteiger partial charge is 0.130 e. The smallest absolute Gasteiger partial charge is 0.00864 e. The predicted molar refractivity (Wildman–Crippen MR) is 186 cm³/mol. The molecule has 0 aromatic heterocycles. The molecule has 0 heterocycles. The molecule has 1 aliphatic carbocycles. The van der Waals surface area contributed by atoms with Crippen LogP contribution in [-0.2, 0) is 0 Å². The zero-order valence-corrected chi connectivity index (χ0v) is 25.2. The highest BCUT2D eigenvalue weighted by Gasteiger charge is 2.31. The fraction of sp³-hybridized carbons (Fsp3) is 0.0500. The third-order valence-electron chi connectivity index (χ3n) is 8.58. The van der Waals surface area contributed by atoms with Crippen molar-refractivity contribution < 1.29 is 0 Å². The van der Waals surface area contributed by atoms with E-state index in [9.17, 15) is 0 Å². The molecular weight excluding hydrogens is 545 g/mol. The van der Waals surface area contributed by atoms with E-state index >= 15 is 0 Å². The Kier molecular flexibility index (Phi) is 6.21. The second kappa shape index (κ2) is 10.2. The molecule has 200 valence electrons. The molecule has 8 rings (SSSR count). The molecule has 0 nitrogen and oxygen atoms in total. The quantitative estimate of drug-likeness (QED) is 0.188. The van der Waals surface area contributed by atoms with E-state index in [0.29, 0.717) is 0 Å². The highest BCUT2D eigenvalue weighted by atomic mass is 32.2. The van der Waals surface area contributed by atoms with Crippen LogP contribution in [0.1, 0.15) is 0 Å². The minimum absolute atomic E-state index is 1.26. The predicted octanol–water partition coefficient (Wildman–Crippen LogP) is 12.1. The summed E-state index contributed by atoms with van der Waals surface area (Å²) in [6, 6.07) is 49.5. The summed E-state index contributed by atoms with van der Waals surface area (Å²) in [4.78, 5) is 2.60. The van der Waals surface area contributed by atoms with Crippen LogP contribution < -0.4 is 0 Å². The summed E-state index contributed by atoms with van der Waals surface area (Å²) < 4.78 is 0. The summed E-state index contributed by atoms with van der Waals surface area (Å²) in [6.07, 6.45) is 4.32. The van der Waals surface area contributed by atoms with E-state index in [0.717, 1.165) is 0 Å². The van der Waals surface area contributed by atoms with Crippen LogP contribution in [0.25, 0.3) is 77.2 Å². The van der Waals surface area contributed by atoms with Gasteiger partial charge in [-0.2, -0.15) is 0 Å². The van der Waals surface area contributed by atoms with Gasteiger partial charge in [-0.1, -0.05) is 115 Å². The van der Waals surface area contributed by atoms with Crippen LogP contribution in [0.15, 0.2) is 143 Å². The van der Waals surface area contributed by atoms with E-state index in [4.69, 9.17) is 0 Å². The molecule has 0 bridgehead atoms. The summed E-state index contributed by atoms with van der Waals surface area (Å²) in [5.74, 6) is 0. The SMILES string of the molecule is CSc1cc(SC)cc(-c2ccc3c4c(cccc24)-c2c-3c(-c3ccccc3)c3ccccc3c2-c2ccccc2)c1. The Morgan fingerprint density at radius 2 is 0.833 bits per heavy atom. The van der Waals surface area contributed by atoms with E-state index in [-0.39, 0.29) is 0 Å². The van der Waals surface area contributed by atoms with E-state index in [1.165, 1.54) is 87.0 Å². The molecule has 7 aromatic rings. The van der Waals surface area contributed by atoms with Gasteiger partial charge >= 0.3 is 0 Å². The van der Waals surface area contributed by atoms with Gasteiger partial charge in [-0.25, -0.2) is 0 Å². The molecule has 42 heavy (non-hydrogen) atoms. The first kappa shape index (κ1) is 25.5. The highest BCUT2D eigenvalue weighted by Crippen LogP contribution is 2.58. The fourth-order valence-corrected chi connectivity index (χ4v) is 7.88. The molecule has 0 saturated carbocycles. The monoisotopic (exact) mass is 572 g/mol. The maximum absolute atomic E-state index is 2.38. The lowest BCUT2D eigenvalue weighted by molar-refractivity contribution is 1.34. The molecular formula is C40H28S2. The van der Waals surface area contributed by atoms with Crippen molar-refractivity contribution in [1.82, 2.24) is 0 Å². The van der Waals surface area contributed by atoms with Crippen molar-refractivity contribution in [3.8, 4) is 55.6 Å². The van der Waals surface area contributed by atoms with Crippen molar-refractivity contribution in [2.45, 2.75) is 9.79 Å². The fourth-order valence-electron chi connectivity index (χ4n) is 6.82. The zero-order chi connectivity index (χ0) is 28.2. The van der Waals surface area contributed by atoms with Crippen molar-refractivity contribution >= 4 is 45.1 Å². The summed E-state index contributed by atoms with van der Waals surface area (Å²) in [5.41, 5.74) is 13.1. The van der Waals surface area contributed by atoms with Gasteiger partial charge in [0.2, 0.25) is 0 Å². The molecule has 7 aromatic carbocycles. The second-order valence-electron chi connectivity index (χ2n) is 10.8. The number of thioether (sulfide) groups is 2. The average Bonchev–Trinajstić information content (AvgIpc) is 3.39. The molecule has 0 atom stereocenters. The van der Waals surface area contributed by atoms with Crippen LogP contribution >= 0.6 is 23.5 Å². The van der Waals surface area contributed by atoms with Crippen LogP contribution in [-0.4, -0.2) is 12.5 Å². The Balaban J connectivity index is 1.53. The van der Waals surface area contributed by atoms with E-state index in [1.54, 1.807) is 0 Å². The van der Waals surface area contributed by atoms with Gasteiger partial charge in [0.25, 0.3) is 0 Å². The number of rotatable bonds is 5. The van der Waals surface area contributed by atoms with Gasteiger partial charge in [0, 0.05) is 9.79 Å². The van der Waals surface area contributed by atoms with Gasteiger partial charge in [0.1, 0.15) is 0 Å². The normalized spacial score (nSPS) is 11.8. The van der Waals surface area contributed by atoms with Gasteiger partial charge in [-0.3, -0.25) is 0 Å². The van der Waals surface area contributed by atoms with Crippen LogP contribution in [0, 0.1) is 0 Å². The Morgan fingerprint density at radius 1 is 0.357 bits per heavy atom. The van der Waals surface area contributed by atoms with Crippen LogP contribution in [0.4, 0.5) is 0 Å². The lowest BCUT2D eigenvalue weighted by atomic mass is 9.82. The molecule has 0 N–H and O–H groups in total. The Hall–Kier alpha value is -4.24. The van der Waals surface area contributed by atoms with Crippen molar-refractivity contribution in [2.75, 3.05) is 12.5 Å². The number of benzene rings is 7. The lowest BCUT2D eigenvalue weighted by Gasteiger charge is -2.20. The van der Waals surface area contributed by atoms with Crippen molar-refractivity contribution in [2.24, 2.45) is 0 Å². The first-order valence-corrected chi connectivity index (χ1v) is 16.7. The van der Waals surface area contributed by atoms with Gasteiger partial charge in [-0.15, -0.1) is 23.5 Å². The molecule has 0 saturated heterocycles. The number of hydrogen-bond donors (Lipinski definition) is 0. The topological polar surface area (TPSA) is 0 Å². The van der Waals surface area contributed by atoms with E-state index in [1.807, 2.05) is 23.5 Å². The van der Waals surface area contributed by atoms with Crippen LogP contribution in [0.3, 0.4) is 0 Å². The van der Waals surface area contributed by atoms with E-state index in [2.05, 4.69) is 146 Å². The summed E-state index contributed by atoms with van der Waals surface area (Å²) in [5, 5.41) is 5.26. The van der Waals surface area contributed by atoms with E-state index < -0.39 is 0 Å².